The lowest BCUT2D eigenvalue weighted by molar-refractivity contribution is 0.865. The van der Waals surface area contributed by atoms with Crippen LogP contribution in [-0.4, -0.2) is 0 Å². The summed E-state index contributed by atoms with van der Waals surface area (Å²) in [5.41, 5.74) is 11.9. The first-order valence-electron chi connectivity index (χ1n) is 6.28. The van der Waals surface area contributed by atoms with Crippen LogP contribution in [0.25, 0.3) is 0 Å². The van der Waals surface area contributed by atoms with E-state index in [9.17, 15) is 0 Å². The minimum absolute atomic E-state index is 0.00144. The van der Waals surface area contributed by atoms with Crippen molar-refractivity contribution < 1.29 is 0 Å². The molecular weight excluding hydrogens is 306 g/mol. The van der Waals surface area contributed by atoms with Crippen molar-refractivity contribution in [3.63, 3.8) is 0 Å². The van der Waals surface area contributed by atoms with Crippen molar-refractivity contribution in [1.29, 1.82) is 0 Å². The lowest BCUT2D eigenvalue weighted by Gasteiger charge is -2.13. The van der Waals surface area contributed by atoms with Crippen LogP contribution in [-0.2, 0) is 12.8 Å². The molecule has 0 saturated heterocycles. The molecule has 18 heavy (non-hydrogen) atoms. The molecule has 0 fully saturated rings. The molecule has 3 rings (SSSR count). The van der Waals surface area contributed by atoms with Gasteiger partial charge in [-0.1, -0.05) is 18.2 Å². The summed E-state index contributed by atoms with van der Waals surface area (Å²) < 4.78 is 1.16. The van der Waals surface area contributed by atoms with Gasteiger partial charge in [-0.25, -0.2) is 0 Å². The summed E-state index contributed by atoms with van der Waals surface area (Å²) in [6, 6.07) is 8.91. The third kappa shape index (κ3) is 2.15. The minimum atomic E-state index is -0.00144. The van der Waals surface area contributed by atoms with Crippen LogP contribution in [0.5, 0.6) is 0 Å². The standard InChI is InChI=1S/C15H16BrNS/c1-9-13(8-14(16)18-9)15(17)12-6-5-10-3-2-4-11(10)7-12/h5-8,15H,2-4,17H2,1H3. The highest BCUT2D eigenvalue weighted by Gasteiger charge is 2.17. The Morgan fingerprint density at radius 2 is 2.00 bits per heavy atom. The molecule has 94 valence electrons. The highest BCUT2D eigenvalue weighted by atomic mass is 79.9. The van der Waals surface area contributed by atoms with E-state index in [4.69, 9.17) is 5.73 Å². The predicted octanol–water partition coefficient (Wildman–Crippen LogP) is 4.36. The van der Waals surface area contributed by atoms with Crippen molar-refractivity contribution in [2.75, 3.05) is 0 Å². The molecule has 3 heteroatoms. The molecule has 1 aliphatic rings. The molecule has 1 unspecified atom stereocenters. The Morgan fingerprint density at radius 1 is 1.22 bits per heavy atom. The van der Waals surface area contributed by atoms with E-state index in [1.165, 1.54) is 46.4 Å². The lowest BCUT2D eigenvalue weighted by Crippen LogP contribution is -2.12. The predicted molar refractivity (Wildman–Crippen MR) is 81.3 cm³/mol. The van der Waals surface area contributed by atoms with E-state index in [2.05, 4.69) is 47.1 Å². The third-order valence-corrected chi connectivity index (χ3v) is 5.31. The molecular formula is C15H16BrNS. The number of fused-ring (bicyclic) bond motifs is 1. The van der Waals surface area contributed by atoms with E-state index < -0.39 is 0 Å². The van der Waals surface area contributed by atoms with Crippen LogP contribution in [0.1, 0.15) is 39.6 Å². The van der Waals surface area contributed by atoms with Gasteiger partial charge in [-0.05, 0) is 70.4 Å². The molecule has 0 spiro atoms. The van der Waals surface area contributed by atoms with Gasteiger partial charge in [0.1, 0.15) is 0 Å². The Labute approximate surface area is 120 Å². The topological polar surface area (TPSA) is 26.0 Å². The Balaban J connectivity index is 1.97. The number of hydrogen-bond donors (Lipinski definition) is 1. The number of thiophene rings is 1. The Bertz CT molecular complexity index is 588. The zero-order chi connectivity index (χ0) is 12.7. The quantitative estimate of drug-likeness (QED) is 0.874. The summed E-state index contributed by atoms with van der Waals surface area (Å²) in [4.78, 5) is 1.30. The number of nitrogens with two attached hydrogens (primary N) is 1. The van der Waals surface area contributed by atoms with Crippen molar-refractivity contribution in [2.24, 2.45) is 5.73 Å². The molecule has 1 atom stereocenters. The first-order valence-corrected chi connectivity index (χ1v) is 7.89. The van der Waals surface area contributed by atoms with Crippen LogP contribution in [0.3, 0.4) is 0 Å². The second kappa shape index (κ2) is 4.80. The normalized spacial score (nSPS) is 15.7. The molecule has 0 radical (unpaired) electrons. The molecule has 1 aromatic heterocycles. The Kier molecular flexibility index (Phi) is 3.31. The van der Waals surface area contributed by atoms with E-state index >= 15 is 0 Å². The minimum Gasteiger partial charge on any atom is -0.320 e. The van der Waals surface area contributed by atoms with Crippen LogP contribution in [0, 0.1) is 6.92 Å². The van der Waals surface area contributed by atoms with Crippen LogP contribution in [0.15, 0.2) is 28.1 Å². The van der Waals surface area contributed by atoms with Crippen LogP contribution in [0.4, 0.5) is 0 Å². The smallest absolute Gasteiger partial charge is 0.0704 e. The number of aryl methyl sites for hydroxylation is 3. The van der Waals surface area contributed by atoms with Crippen molar-refractivity contribution >= 4 is 27.3 Å². The average molecular weight is 322 g/mol. The Hall–Kier alpha value is -0.640. The maximum atomic E-state index is 6.41. The molecule has 0 amide bonds. The summed E-state index contributed by atoms with van der Waals surface area (Å²) in [5, 5.41) is 0. The van der Waals surface area contributed by atoms with E-state index in [0.29, 0.717) is 0 Å². The van der Waals surface area contributed by atoms with Crippen molar-refractivity contribution in [1.82, 2.24) is 0 Å². The fourth-order valence-corrected chi connectivity index (χ4v) is 4.49. The van der Waals surface area contributed by atoms with Gasteiger partial charge in [0.15, 0.2) is 0 Å². The summed E-state index contributed by atoms with van der Waals surface area (Å²) in [6.45, 7) is 2.14. The zero-order valence-electron chi connectivity index (χ0n) is 10.4. The number of rotatable bonds is 2. The highest BCUT2D eigenvalue weighted by Crippen LogP contribution is 2.33. The van der Waals surface area contributed by atoms with Gasteiger partial charge in [0.05, 0.1) is 9.83 Å². The molecule has 1 aromatic carbocycles. The fourth-order valence-electron chi connectivity index (χ4n) is 2.73. The van der Waals surface area contributed by atoms with Crippen molar-refractivity contribution in [2.45, 2.75) is 32.2 Å². The maximum absolute atomic E-state index is 6.41. The molecule has 2 N–H and O–H groups in total. The second-order valence-electron chi connectivity index (χ2n) is 4.92. The van der Waals surface area contributed by atoms with Crippen molar-refractivity contribution in [3.05, 3.63) is 55.2 Å². The van der Waals surface area contributed by atoms with E-state index in [-0.39, 0.29) is 6.04 Å². The van der Waals surface area contributed by atoms with Crippen LogP contribution >= 0.6 is 27.3 Å². The van der Waals surface area contributed by atoms with Crippen LogP contribution in [0.2, 0.25) is 0 Å². The number of halogens is 1. The van der Waals surface area contributed by atoms with Gasteiger partial charge in [-0.2, -0.15) is 0 Å². The van der Waals surface area contributed by atoms with Gasteiger partial charge < -0.3 is 5.73 Å². The monoisotopic (exact) mass is 321 g/mol. The van der Waals surface area contributed by atoms with Gasteiger partial charge in [0.25, 0.3) is 0 Å². The van der Waals surface area contributed by atoms with Gasteiger partial charge in [0.2, 0.25) is 0 Å². The van der Waals surface area contributed by atoms with Gasteiger partial charge >= 0.3 is 0 Å². The average Bonchev–Trinajstić information content (AvgIpc) is 2.93. The molecule has 0 aliphatic heterocycles. The molecule has 2 aromatic rings. The largest absolute Gasteiger partial charge is 0.320 e. The summed E-state index contributed by atoms with van der Waals surface area (Å²) >= 11 is 5.29. The third-order valence-electron chi connectivity index (χ3n) is 3.74. The SMILES string of the molecule is Cc1sc(Br)cc1C(N)c1ccc2c(c1)CCC2. The molecule has 1 aliphatic carbocycles. The van der Waals surface area contributed by atoms with E-state index in [0.717, 1.165) is 3.79 Å². The maximum Gasteiger partial charge on any atom is 0.0704 e. The van der Waals surface area contributed by atoms with Gasteiger partial charge in [-0.3, -0.25) is 0 Å². The first kappa shape index (κ1) is 12.4. The summed E-state index contributed by atoms with van der Waals surface area (Å²) in [5.74, 6) is 0. The first-order chi connectivity index (χ1) is 8.65. The van der Waals surface area contributed by atoms with E-state index in [1.54, 1.807) is 11.3 Å². The fraction of sp³-hybridized carbons (Fsp3) is 0.333. The van der Waals surface area contributed by atoms with Crippen LogP contribution < -0.4 is 5.73 Å². The lowest BCUT2D eigenvalue weighted by atomic mass is 9.97. The molecule has 0 saturated carbocycles. The number of hydrogen-bond acceptors (Lipinski definition) is 2. The zero-order valence-corrected chi connectivity index (χ0v) is 12.8. The Morgan fingerprint density at radius 3 is 2.72 bits per heavy atom. The summed E-state index contributed by atoms with van der Waals surface area (Å²) in [7, 11) is 0. The molecule has 1 heterocycles. The summed E-state index contributed by atoms with van der Waals surface area (Å²) in [6.07, 6.45) is 3.73. The molecule has 1 nitrogen and oxygen atoms in total. The van der Waals surface area contributed by atoms with Gasteiger partial charge in [0, 0.05) is 4.88 Å². The van der Waals surface area contributed by atoms with Crippen molar-refractivity contribution in [3.8, 4) is 0 Å². The van der Waals surface area contributed by atoms with E-state index in [1.807, 2.05) is 0 Å². The molecule has 0 bridgehead atoms. The highest BCUT2D eigenvalue weighted by molar-refractivity contribution is 9.11. The second-order valence-corrected chi connectivity index (χ2v) is 7.56. The van der Waals surface area contributed by atoms with Gasteiger partial charge in [-0.15, -0.1) is 11.3 Å². The number of benzene rings is 1.